The standard InChI is InChI=1S/C26H29BrN2O5S/c1-5-34-26(31)23-24(27)35-22(28-23)16-29(13-9-12-18-10-7-6-8-11-18)25(30)19-14-20(32-3)17(2)21(15-19)33-4/h6-8,10-11,14-15H,5,9,12-13,16H2,1-4H3. The number of thiazole rings is 1. The molecule has 0 aliphatic heterocycles. The second-order valence-corrected chi connectivity index (χ2v) is 10.2. The van der Waals surface area contributed by atoms with Gasteiger partial charge < -0.3 is 19.1 Å². The topological polar surface area (TPSA) is 78.0 Å². The third-order valence-electron chi connectivity index (χ3n) is 5.45. The molecule has 1 aromatic heterocycles. The summed E-state index contributed by atoms with van der Waals surface area (Å²) in [5, 5.41) is 0.638. The number of benzene rings is 2. The predicted octanol–water partition coefficient (Wildman–Crippen LogP) is 5.68. The van der Waals surface area contributed by atoms with Crippen LogP contribution in [0.1, 0.15) is 50.3 Å². The minimum atomic E-state index is -0.489. The molecule has 0 N–H and O–H groups in total. The normalized spacial score (nSPS) is 10.7. The van der Waals surface area contributed by atoms with Crippen molar-refractivity contribution in [2.45, 2.75) is 33.2 Å². The number of rotatable bonds is 11. The third-order valence-corrected chi connectivity index (χ3v) is 7.14. The highest BCUT2D eigenvalue weighted by atomic mass is 79.9. The van der Waals surface area contributed by atoms with Crippen LogP contribution in [0.3, 0.4) is 0 Å². The Kier molecular flexibility index (Phi) is 9.68. The van der Waals surface area contributed by atoms with Crippen molar-refractivity contribution >= 4 is 39.1 Å². The van der Waals surface area contributed by atoms with Gasteiger partial charge in [0, 0.05) is 17.7 Å². The number of carbonyl (C=O) groups excluding carboxylic acids is 2. The zero-order valence-corrected chi connectivity index (χ0v) is 22.7. The molecule has 0 aliphatic rings. The fraction of sp³-hybridized carbons (Fsp3) is 0.346. The van der Waals surface area contributed by atoms with E-state index in [1.54, 1.807) is 38.2 Å². The van der Waals surface area contributed by atoms with E-state index in [0.717, 1.165) is 18.4 Å². The fourth-order valence-electron chi connectivity index (χ4n) is 3.66. The Morgan fingerprint density at radius 2 is 1.74 bits per heavy atom. The average Bonchev–Trinajstić information content (AvgIpc) is 3.24. The van der Waals surface area contributed by atoms with Crippen molar-refractivity contribution < 1.29 is 23.8 Å². The van der Waals surface area contributed by atoms with E-state index < -0.39 is 5.97 Å². The fourth-order valence-corrected chi connectivity index (χ4v) is 5.26. The Morgan fingerprint density at radius 1 is 1.09 bits per heavy atom. The molecular formula is C26H29BrN2O5S. The van der Waals surface area contributed by atoms with Gasteiger partial charge in [-0.25, -0.2) is 9.78 Å². The monoisotopic (exact) mass is 560 g/mol. The van der Waals surface area contributed by atoms with Crippen LogP contribution < -0.4 is 9.47 Å². The zero-order chi connectivity index (χ0) is 25.4. The van der Waals surface area contributed by atoms with E-state index in [0.29, 0.717) is 32.4 Å². The van der Waals surface area contributed by atoms with Crippen molar-refractivity contribution in [3.63, 3.8) is 0 Å². The quantitative estimate of drug-likeness (QED) is 0.280. The van der Waals surface area contributed by atoms with Gasteiger partial charge in [0.05, 0.1) is 27.4 Å². The highest BCUT2D eigenvalue weighted by Gasteiger charge is 2.23. The van der Waals surface area contributed by atoms with Crippen LogP contribution in [0.4, 0.5) is 0 Å². The Bertz CT molecular complexity index is 1140. The summed E-state index contributed by atoms with van der Waals surface area (Å²) in [5.74, 6) is 0.507. The first-order chi connectivity index (χ1) is 16.9. The van der Waals surface area contributed by atoms with Crippen molar-refractivity contribution in [2.24, 2.45) is 0 Å². The lowest BCUT2D eigenvalue weighted by molar-refractivity contribution is 0.0519. The molecule has 7 nitrogen and oxygen atoms in total. The summed E-state index contributed by atoms with van der Waals surface area (Å²) in [7, 11) is 3.13. The molecule has 2 aromatic carbocycles. The Labute approximate surface area is 218 Å². The van der Waals surface area contributed by atoms with Crippen LogP contribution in [0, 0.1) is 6.92 Å². The largest absolute Gasteiger partial charge is 0.496 e. The van der Waals surface area contributed by atoms with Gasteiger partial charge in [0.15, 0.2) is 5.69 Å². The SMILES string of the molecule is CCOC(=O)c1nc(CN(CCCc2ccccc2)C(=O)c2cc(OC)c(C)c(OC)c2)sc1Br. The maximum Gasteiger partial charge on any atom is 0.359 e. The molecule has 0 unspecified atom stereocenters. The van der Waals surface area contributed by atoms with Crippen LogP contribution in [-0.4, -0.2) is 49.1 Å². The maximum atomic E-state index is 13.7. The van der Waals surface area contributed by atoms with Crippen molar-refractivity contribution in [1.29, 1.82) is 0 Å². The Hall–Kier alpha value is -2.91. The molecule has 0 saturated carbocycles. The molecule has 0 radical (unpaired) electrons. The van der Waals surface area contributed by atoms with E-state index in [1.807, 2.05) is 25.1 Å². The van der Waals surface area contributed by atoms with Crippen molar-refractivity contribution in [3.05, 3.63) is 73.6 Å². The average molecular weight is 561 g/mol. The highest BCUT2D eigenvalue weighted by molar-refractivity contribution is 9.11. The van der Waals surface area contributed by atoms with Crippen LogP contribution in [0.25, 0.3) is 0 Å². The van der Waals surface area contributed by atoms with E-state index in [2.05, 4.69) is 33.0 Å². The summed E-state index contributed by atoms with van der Waals surface area (Å²) in [4.78, 5) is 32.0. The van der Waals surface area contributed by atoms with E-state index in [1.165, 1.54) is 16.9 Å². The van der Waals surface area contributed by atoms with Crippen LogP contribution in [0.5, 0.6) is 11.5 Å². The molecule has 3 aromatic rings. The number of methoxy groups -OCH3 is 2. The molecule has 186 valence electrons. The van der Waals surface area contributed by atoms with Crippen molar-refractivity contribution in [2.75, 3.05) is 27.4 Å². The van der Waals surface area contributed by atoms with Gasteiger partial charge in [0.2, 0.25) is 0 Å². The van der Waals surface area contributed by atoms with Gasteiger partial charge in [0.1, 0.15) is 20.3 Å². The van der Waals surface area contributed by atoms with E-state index in [9.17, 15) is 9.59 Å². The summed E-state index contributed by atoms with van der Waals surface area (Å²) < 4.78 is 16.6. The van der Waals surface area contributed by atoms with Gasteiger partial charge in [-0.05, 0) is 60.3 Å². The van der Waals surface area contributed by atoms with E-state index >= 15 is 0 Å². The summed E-state index contributed by atoms with van der Waals surface area (Å²) in [5.41, 5.74) is 2.72. The molecule has 9 heteroatoms. The minimum Gasteiger partial charge on any atom is -0.496 e. The first kappa shape index (κ1) is 26.7. The second kappa shape index (κ2) is 12.7. The molecule has 0 aliphatic carbocycles. The Morgan fingerprint density at radius 3 is 2.34 bits per heavy atom. The number of hydrogen-bond donors (Lipinski definition) is 0. The van der Waals surface area contributed by atoms with Gasteiger partial charge in [-0.3, -0.25) is 4.79 Å². The smallest absolute Gasteiger partial charge is 0.359 e. The summed E-state index contributed by atoms with van der Waals surface area (Å²) in [6, 6.07) is 13.6. The molecule has 1 heterocycles. The molecule has 0 saturated heterocycles. The van der Waals surface area contributed by atoms with Gasteiger partial charge >= 0.3 is 5.97 Å². The maximum absolute atomic E-state index is 13.7. The molecule has 1 amide bonds. The van der Waals surface area contributed by atoms with Gasteiger partial charge in [-0.1, -0.05) is 30.3 Å². The van der Waals surface area contributed by atoms with Gasteiger partial charge in [0.25, 0.3) is 5.91 Å². The first-order valence-electron chi connectivity index (χ1n) is 11.3. The van der Waals surface area contributed by atoms with E-state index in [-0.39, 0.29) is 24.8 Å². The van der Waals surface area contributed by atoms with E-state index in [4.69, 9.17) is 14.2 Å². The Balaban J connectivity index is 1.87. The molecule has 3 rings (SSSR count). The lowest BCUT2D eigenvalue weighted by Gasteiger charge is -2.23. The number of nitrogens with zero attached hydrogens (tertiary/aromatic N) is 2. The molecule has 0 fully saturated rings. The summed E-state index contributed by atoms with van der Waals surface area (Å²) in [6.07, 6.45) is 1.61. The number of aryl methyl sites for hydroxylation is 1. The molecule has 0 spiro atoms. The number of ether oxygens (including phenoxy) is 3. The zero-order valence-electron chi connectivity index (χ0n) is 20.3. The predicted molar refractivity (Wildman–Crippen MR) is 140 cm³/mol. The highest BCUT2D eigenvalue weighted by Crippen LogP contribution is 2.31. The van der Waals surface area contributed by atoms with Crippen LogP contribution >= 0.6 is 27.3 Å². The second-order valence-electron chi connectivity index (χ2n) is 7.77. The number of aromatic nitrogens is 1. The molecule has 0 bridgehead atoms. The third kappa shape index (κ3) is 6.82. The number of carbonyl (C=O) groups is 2. The van der Waals surface area contributed by atoms with Gasteiger partial charge in [-0.2, -0.15) is 0 Å². The molecule has 35 heavy (non-hydrogen) atoms. The summed E-state index contributed by atoms with van der Waals surface area (Å²) in [6.45, 7) is 4.66. The minimum absolute atomic E-state index is 0.168. The lowest BCUT2D eigenvalue weighted by atomic mass is 10.1. The summed E-state index contributed by atoms with van der Waals surface area (Å²) >= 11 is 4.73. The van der Waals surface area contributed by atoms with Gasteiger partial charge in [-0.15, -0.1) is 11.3 Å². The van der Waals surface area contributed by atoms with Crippen LogP contribution in [0.15, 0.2) is 46.3 Å². The van der Waals surface area contributed by atoms with Crippen LogP contribution in [0.2, 0.25) is 0 Å². The molecule has 0 atom stereocenters. The van der Waals surface area contributed by atoms with Crippen molar-refractivity contribution in [1.82, 2.24) is 9.88 Å². The number of halogens is 1. The number of hydrogen-bond acceptors (Lipinski definition) is 7. The number of esters is 1. The van der Waals surface area contributed by atoms with Crippen molar-refractivity contribution in [3.8, 4) is 11.5 Å². The molecular weight excluding hydrogens is 532 g/mol. The first-order valence-corrected chi connectivity index (χ1v) is 12.9. The van der Waals surface area contributed by atoms with Crippen LogP contribution in [-0.2, 0) is 17.7 Å². The lowest BCUT2D eigenvalue weighted by Crippen LogP contribution is -2.32. The number of amides is 1.